The molecule has 0 aliphatic carbocycles. The van der Waals surface area contributed by atoms with Crippen LogP contribution in [-0.4, -0.2) is 26.6 Å². The maximum atomic E-state index is 13.5. The molecule has 1 aromatic rings. The van der Waals surface area contributed by atoms with Crippen molar-refractivity contribution in [3.8, 4) is 0 Å². The number of nitrogens with one attached hydrogen (secondary N) is 1. The molecule has 4 heteroatoms. The summed E-state index contributed by atoms with van der Waals surface area (Å²) in [4.78, 5) is 0. The second kappa shape index (κ2) is 5.82. The smallest absolute Gasteiger partial charge is 0.176 e. The Hall–Kier alpha value is -1.13. The van der Waals surface area contributed by atoms with Crippen LogP contribution in [-0.2, 0) is 9.47 Å². The van der Waals surface area contributed by atoms with Gasteiger partial charge in [0.05, 0.1) is 11.7 Å². The van der Waals surface area contributed by atoms with Crippen LogP contribution in [0.25, 0.3) is 0 Å². The van der Waals surface area contributed by atoms with E-state index in [0.29, 0.717) is 5.69 Å². The molecule has 3 nitrogen and oxygen atoms in total. The van der Waals surface area contributed by atoms with Crippen LogP contribution in [0.3, 0.4) is 0 Å². The molecular formula is C12H18FNO2. The average Bonchev–Trinajstić information content (AvgIpc) is 2.25. The van der Waals surface area contributed by atoms with Gasteiger partial charge in [0.2, 0.25) is 0 Å². The van der Waals surface area contributed by atoms with Crippen molar-refractivity contribution in [3.63, 3.8) is 0 Å². The fraction of sp³-hybridized carbons (Fsp3) is 0.500. The van der Waals surface area contributed by atoms with E-state index in [2.05, 4.69) is 5.32 Å². The van der Waals surface area contributed by atoms with Crippen LogP contribution in [0, 0.1) is 12.7 Å². The van der Waals surface area contributed by atoms with Gasteiger partial charge in [-0.3, -0.25) is 0 Å². The number of halogens is 1. The summed E-state index contributed by atoms with van der Waals surface area (Å²) < 4.78 is 23.6. The fourth-order valence-corrected chi connectivity index (χ4v) is 1.57. The van der Waals surface area contributed by atoms with Gasteiger partial charge in [-0.25, -0.2) is 4.39 Å². The van der Waals surface area contributed by atoms with Crippen LogP contribution in [0.5, 0.6) is 0 Å². The summed E-state index contributed by atoms with van der Waals surface area (Å²) in [5.74, 6) is -0.275. The van der Waals surface area contributed by atoms with E-state index in [4.69, 9.17) is 9.47 Å². The fourth-order valence-electron chi connectivity index (χ4n) is 1.57. The highest BCUT2D eigenvalue weighted by atomic mass is 19.1. The number of benzene rings is 1. The Bertz CT molecular complexity index is 340. The van der Waals surface area contributed by atoms with Crippen molar-refractivity contribution in [3.05, 3.63) is 29.6 Å². The summed E-state index contributed by atoms with van der Waals surface area (Å²) >= 11 is 0. The number of aryl methyl sites for hydroxylation is 1. The second-order valence-electron chi connectivity index (χ2n) is 3.76. The van der Waals surface area contributed by atoms with E-state index in [9.17, 15) is 4.39 Å². The van der Waals surface area contributed by atoms with Gasteiger partial charge in [0.1, 0.15) is 5.82 Å². The van der Waals surface area contributed by atoms with Gasteiger partial charge in [0.15, 0.2) is 6.29 Å². The topological polar surface area (TPSA) is 30.5 Å². The van der Waals surface area contributed by atoms with Crippen molar-refractivity contribution in [1.82, 2.24) is 0 Å². The lowest BCUT2D eigenvalue weighted by atomic mass is 10.2. The Balaban J connectivity index is 2.75. The molecule has 0 aliphatic rings. The van der Waals surface area contributed by atoms with Crippen LogP contribution < -0.4 is 5.32 Å². The highest BCUT2D eigenvalue weighted by Crippen LogP contribution is 2.17. The predicted octanol–water partition coefficient (Wildman–Crippen LogP) is 2.55. The van der Waals surface area contributed by atoms with Crippen LogP contribution in [0.15, 0.2) is 18.2 Å². The lowest BCUT2D eigenvalue weighted by Gasteiger charge is -2.23. The molecule has 0 aromatic heterocycles. The molecule has 1 N–H and O–H groups in total. The van der Waals surface area contributed by atoms with Crippen molar-refractivity contribution in [2.75, 3.05) is 19.5 Å². The monoisotopic (exact) mass is 227 g/mol. The minimum Gasteiger partial charge on any atom is -0.375 e. The highest BCUT2D eigenvalue weighted by Gasteiger charge is 2.16. The van der Waals surface area contributed by atoms with Gasteiger partial charge in [-0.1, -0.05) is 6.07 Å². The minimum atomic E-state index is -0.403. The van der Waals surface area contributed by atoms with E-state index < -0.39 is 6.29 Å². The molecule has 1 rings (SSSR count). The van der Waals surface area contributed by atoms with Gasteiger partial charge in [-0.2, -0.15) is 0 Å². The van der Waals surface area contributed by atoms with Crippen LogP contribution in [0.1, 0.15) is 12.5 Å². The third-order valence-corrected chi connectivity index (χ3v) is 2.38. The quantitative estimate of drug-likeness (QED) is 0.784. The van der Waals surface area contributed by atoms with Gasteiger partial charge in [0.25, 0.3) is 0 Å². The molecule has 1 atom stereocenters. The zero-order chi connectivity index (χ0) is 12.1. The summed E-state index contributed by atoms with van der Waals surface area (Å²) in [7, 11) is 3.11. The van der Waals surface area contributed by atoms with E-state index in [1.807, 2.05) is 13.8 Å². The van der Waals surface area contributed by atoms with Crippen LogP contribution >= 0.6 is 0 Å². The molecule has 1 aromatic carbocycles. The van der Waals surface area contributed by atoms with E-state index in [0.717, 1.165) is 5.56 Å². The summed E-state index contributed by atoms with van der Waals surface area (Å²) in [5, 5.41) is 3.03. The number of ether oxygens (including phenoxy) is 2. The summed E-state index contributed by atoms with van der Waals surface area (Å²) in [6, 6.07) is 4.80. The zero-order valence-electron chi connectivity index (χ0n) is 10.1. The Morgan fingerprint density at radius 2 is 1.88 bits per heavy atom. The van der Waals surface area contributed by atoms with Crippen molar-refractivity contribution in [2.24, 2.45) is 0 Å². The van der Waals surface area contributed by atoms with Gasteiger partial charge in [-0.15, -0.1) is 0 Å². The van der Waals surface area contributed by atoms with Crippen LogP contribution in [0.2, 0.25) is 0 Å². The number of rotatable bonds is 5. The molecule has 0 bridgehead atoms. The van der Waals surface area contributed by atoms with Gasteiger partial charge >= 0.3 is 0 Å². The Kier molecular flexibility index (Phi) is 4.71. The van der Waals surface area contributed by atoms with Crippen molar-refractivity contribution < 1.29 is 13.9 Å². The minimum absolute atomic E-state index is 0.133. The number of anilines is 1. The molecule has 0 amide bonds. The molecule has 0 fully saturated rings. The van der Waals surface area contributed by atoms with Crippen molar-refractivity contribution in [1.29, 1.82) is 0 Å². The summed E-state index contributed by atoms with van der Waals surface area (Å²) in [5.41, 5.74) is 1.47. The molecular weight excluding hydrogens is 209 g/mol. The lowest BCUT2D eigenvalue weighted by molar-refractivity contribution is -0.109. The molecule has 0 saturated heterocycles. The predicted molar refractivity (Wildman–Crippen MR) is 62.0 cm³/mol. The summed E-state index contributed by atoms with van der Waals surface area (Å²) in [6.45, 7) is 3.79. The van der Waals surface area contributed by atoms with Crippen LogP contribution in [0.4, 0.5) is 10.1 Å². The first kappa shape index (κ1) is 12.9. The largest absolute Gasteiger partial charge is 0.375 e. The number of hydrogen-bond acceptors (Lipinski definition) is 3. The molecule has 90 valence electrons. The molecule has 0 heterocycles. The maximum Gasteiger partial charge on any atom is 0.176 e. The Labute approximate surface area is 95.6 Å². The molecule has 1 unspecified atom stereocenters. The number of hydrogen-bond donors (Lipinski definition) is 1. The van der Waals surface area contributed by atoms with E-state index in [1.54, 1.807) is 26.4 Å². The standard InChI is InChI=1S/C12H18FNO2/c1-8-5-6-10(13)11(7-8)14-9(2)12(15-3)16-4/h5-7,9,12,14H,1-4H3. The van der Waals surface area contributed by atoms with E-state index in [1.165, 1.54) is 6.07 Å². The molecule has 0 saturated carbocycles. The first-order valence-electron chi connectivity index (χ1n) is 5.16. The highest BCUT2D eigenvalue weighted by molar-refractivity contribution is 5.47. The van der Waals surface area contributed by atoms with E-state index >= 15 is 0 Å². The SMILES string of the molecule is COC(OC)C(C)Nc1cc(C)ccc1F. The van der Waals surface area contributed by atoms with Gasteiger partial charge in [-0.05, 0) is 31.5 Å². The third-order valence-electron chi connectivity index (χ3n) is 2.38. The van der Waals surface area contributed by atoms with E-state index in [-0.39, 0.29) is 11.9 Å². The number of methoxy groups -OCH3 is 2. The van der Waals surface area contributed by atoms with Crippen molar-refractivity contribution in [2.45, 2.75) is 26.2 Å². The molecule has 0 spiro atoms. The van der Waals surface area contributed by atoms with Gasteiger partial charge < -0.3 is 14.8 Å². The van der Waals surface area contributed by atoms with Gasteiger partial charge in [0, 0.05) is 14.2 Å². The Morgan fingerprint density at radius 1 is 1.25 bits per heavy atom. The maximum absolute atomic E-state index is 13.5. The third kappa shape index (κ3) is 3.18. The van der Waals surface area contributed by atoms with Crippen molar-refractivity contribution >= 4 is 5.69 Å². The zero-order valence-corrected chi connectivity index (χ0v) is 10.1. The molecule has 0 aliphatic heterocycles. The average molecular weight is 227 g/mol. The Morgan fingerprint density at radius 3 is 2.44 bits per heavy atom. The molecule has 0 radical (unpaired) electrons. The first-order valence-corrected chi connectivity index (χ1v) is 5.16. The lowest BCUT2D eigenvalue weighted by Crippen LogP contribution is -2.34. The first-order chi connectivity index (χ1) is 7.58. The summed E-state index contributed by atoms with van der Waals surface area (Å²) in [6.07, 6.45) is -0.403. The normalized spacial score (nSPS) is 12.9. The second-order valence-corrected chi connectivity index (χ2v) is 3.76. The molecule has 16 heavy (non-hydrogen) atoms.